The van der Waals surface area contributed by atoms with Gasteiger partial charge in [-0.25, -0.2) is 4.98 Å². The number of hydrogen-bond acceptors (Lipinski definition) is 3. The molecule has 0 N–H and O–H groups in total. The third-order valence-electron chi connectivity index (χ3n) is 5.41. The van der Waals surface area contributed by atoms with Crippen LogP contribution in [0.3, 0.4) is 0 Å². The smallest absolute Gasteiger partial charge is 0.224 e. The Labute approximate surface area is 149 Å². The molecule has 0 bridgehead atoms. The minimum Gasteiger partial charge on any atom is -0.370 e. The molecule has 2 aromatic rings. The van der Waals surface area contributed by atoms with E-state index in [0.717, 1.165) is 62.2 Å². The highest BCUT2D eigenvalue weighted by Gasteiger charge is 2.25. The van der Waals surface area contributed by atoms with Crippen molar-refractivity contribution >= 4 is 16.9 Å². The second kappa shape index (κ2) is 7.56. The van der Waals surface area contributed by atoms with Gasteiger partial charge in [0.05, 0.1) is 11.0 Å². The van der Waals surface area contributed by atoms with Crippen LogP contribution >= 0.6 is 0 Å². The molecule has 2 aliphatic rings. The average Bonchev–Trinajstić information content (AvgIpc) is 3.20. The van der Waals surface area contributed by atoms with Gasteiger partial charge in [-0.2, -0.15) is 0 Å². The Kier molecular flexibility index (Phi) is 5.02. The summed E-state index contributed by atoms with van der Waals surface area (Å²) in [5.74, 6) is 1.26. The molecule has 0 aliphatic carbocycles. The van der Waals surface area contributed by atoms with E-state index in [4.69, 9.17) is 9.72 Å². The molecule has 1 aromatic carbocycles. The lowest BCUT2D eigenvalue weighted by atomic mass is 10.2. The third kappa shape index (κ3) is 3.56. The summed E-state index contributed by atoms with van der Waals surface area (Å²) < 4.78 is 8.08. The third-order valence-corrected chi connectivity index (χ3v) is 5.41. The molecule has 2 fully saturated rings. The van der Waals surface area contributed by atoms with E-state index in [1.165, 1.54) is 12.8 Å². The van der Waals surface area contributed by atoms with Crippen LogP contribution in [0.1, 0.15) is 56.9 Å². The van der Waals surface area contributed by atoms with Crippen molar-refractivity contribution in [3.05, 3.63) is 30.1 Å². The zero-order valence-electron chi connectivity index (χ0n) is 14.8. The number of benzene rings is 1. The number of likely N-dealkylation sites (tertiary alicyclic amines) is 1. The highest BCUT2D eigenvalue weighted by molar-refractivity contribution is 5.78. The van der Waals surface area contributed by atoms with Gasteiger partial charge in [0.1, 0.15) is 11.9 Å². The van der Waals surface area contributed by atoms with Gasteiger partial charge >= 0.3 is 0 Å². The summed E-state index contributed by atoms with van der Waals surface area (Å²) in [6.07, 6.45) is 7.49. The van der Waals surface area contributed by atoms with Gasteiger partial charge in [0.2, 0.25) is 5.91 Å². The molecular weight excluding hydrogens is 314 g/mol. The Morgan fingerprint density at radius 3 is 2.68 bits per heavy atom. The summed E-state index contributed by atoms with van der Waals surface area (Å²) in [6.45, 7) is 3.33. The summed E-state index contributed by atoms with van der Waals surface area (Å²) in [7, 11) is 0. The maximum atomic E-state index is 12.7. The van der Waals surface area contributed by atoms with Crippen LogP contribution in [-0.2, 0) is 16.1 Å². The van der Waals surface area contributed by atoms with Crippen molar-refractivity contribution in [3.8, 4) is 0 Å². The van der Waals surface area contributed by atoms with Gasteiger partial charge < -0.3 is 14.2 Å². The second-order valence-electron chi connectivity index (χ2n) is 7.16. The van der Waals surface area contributed by atoms with Crippen molar-refractivity contribution in [1.82, 2.24) is 14.5 Å². The van der Waals surface area contributed by atoms with Crippen molar-refractivity contribution in [1.29, 1.82) is 0 Å². The molecule has 1 aromatic heterocycles. The highest BCUT2D eigenvalue weighted by atomic mass is 16.5. The molecule has 0 saturated carbocycles. The van der Waals surface area contributed by atoms with Crippen LogP contribution in [0.15, 0.2) is 24.3 Å². The molecule has 4 rings (SSSR count). The quantitative estimate of drug-likeness (QED) is 0.852. The van der Waals surface area contributed by atoms with Crippen molar-refractivity contribution in [2.45, 2.75) is 57.6 Å². The predicted molar refractivity (Wildman–Crippen MR) is 97.3 cm³/mol. The number of amides is 1. The first-order chi connectivity index (χ1) is 12.3. The minimum absolute atomic E-state index is 0.0701. The van der Waals surface area contributed by atoms with Gasteiger partial charge in [0, 0.05) is 32.7 Å². The molecule has 1 atom stereocenters. The van der Waals surface area contributed by atoms with Gasteiger partial charge in [-0.3, -0.25) is 4.79 Å². The van der Waals surface area contributed by atoms with Crippen molar-refractivity contribution < 1.29 is 9.53 Å². The Hall–Kier alpha value is -1.88. The maximum absolute atomic E-state index is 12.7. The van der Waals surface area contributed by atoms with Crippen LogP contribution in [0.5, 0.6) is 0 Å². The molecule has 5 nitrogen and oxygen atoms in total. The van der Waals surface area contributed by atoms with Gasteiger partial charge in [-0.1, -0.05) is 25.0 Å². The van der Waals surface area contributed by atoms with Crippen LogP contribution < -0.4 is 0 Å². The number of para-hydroxylation sites is 2. The van der Waals surface area contributed by atoms with Gasteiger partial charge in [-0.05, 0) is 37.8 Å². The zero-order valence-corrected chi connectivity index (χ0v) is 14.8. The molecule has 2 aliphatic heterocycles. The number of carbonyl (C=O) groups is 1. The SMILES string of the molecule is O=C(CCn1c(C2CCCO2)nc2ccccc21)N1CCCCCC1. The van der Waals surface area contributed by atoms with E-state index in [2.05, 4.69) is 15.5 Å². The molecular formula is C20H27N3O2. The number of fused-ring (bicyclic) bond motifs is 1. The average molecular weight is 341 g/mol. The molecule has 3 heterocycles. The predicted octanol–water partition coefficient (Wildman–Crippen LogP) is 3.68. The van der Waals surface area contributed by atoms with Crippen molar-refractivity contribution in [2.24, 2.45) is 0 Å². The first-order valence-electron chi connectivity index (χ1n) is 9.67. The number of aryl methyl sites for hydroxylation is 1. The monoisotopic (exact) mass is 341 g/mol. The normalized spacial score (nSPS) is 21.6. The Balaban J connectivity index is 1.53. The number of nitrogens with zero attached hydrogens (tertiary/aromatic N) is 3. The number of carbonyl (C=O) groups excluding carboxylic acids is 1. The fourth-order valence-electron chi connectivity index (χ4n) is 4.04. The molecule has 1 unspecified atom stereocenters. The van der Waals surface area contributed by atoms with E-state index >= 15 is 0 Å². The summed E-state index contributed by atoms with van der Waals surface area (Å²) in [6, 6.07) is 8.19. The number of hydrogen-bond donors (Lipinski definition) is 0. The standard InChI is InChI=1S/C20H27N3O2/c24-19(22-12-5-1-2-6-13-22)11-14-23-17-9-4-3-8-16(17)21-20(23)18-10-7-15-25-18/h3-4,8-9,18H,1-2,5-7,10-15H2. The summed E-state index contributed by atoms with van der Waals surface area (Å²) >= 11 is 0. The Morgan fingerprint density at radius 1 is 1.12 bits per heavy atom. The number of rotatable bonds is 4. The number of aromatic nitrogens is 2. The van der Waals surface area contributed by atoms with Gasteiger partial charge in [0.15, 0.2) is 0 Å². The van der Waals surface area contributed by atoms with Crippen molar-refractivity contribution in [3.63, 3.8) is 0 Å². The molecule has 1 amide bonds. The molecule has 25 heavy (non-hydrogen) atoms. The van der Waals surface area contributed by atoms with Gasteiger partial charge in [-0.15, -0.1) is 0 Å². The molecule has 2 saturated heterocycles. The second-order valence-corrected chi connectivity index (χ2v) is 7.16. The highest BCUT2D eigenvalue weighted by Crippen LogP contribution is 2.30. The largest absolute Gasteiger partial charge is 0.370 e. The van der Waals surface area contributed by atoms with Crippen LogP contribution in [0.2, 0.25) is 0 Å². The fourth-order valence-corrected chi connectivity index (χ4v) is 4.04. The van der Waals surface area contributed by atoms with E-state index in [-0.39, 0.29) is 12.0 Å². The van der Waals surface area contributed by atoms with Crippen molar-refractivity contribution in [2.75, 3.05) is 19.7 Å². The summed E-state index contributed by atoms with van der Waals surface area (Å²) in [5, 5.41) is 0. The maximum Gasteiger partial charge on any atom is 0.224 e. The van der Waals surface area contributed by atoms with E-state index in [0.29, 0.717) is 13.0 Å². The Morgan fingerprint density at radius 2 is 1.92 bits per heavy atom. The minimum atomic E-state index is 0.0701. The number of imidazole rings is 1. The lowest BCUT2D eigenvalue weighted by Crippen LogP contribution is -2.32. The van der Waals surface area contributed by atoms with Crippen LogP contribution in [0.4, 0.5) is 0 Å². The van der Waals surface area contributed by atoms with Gasteiger partial charge in [0.25, 0.3) is 0 Å². The molecule has 0 radical (unpaired) electrons. The lowest BCUT2D eigenvalue weighted by Gasteiger charge is -2.21. The van der Waals surface area contributed by atoms with Crippen LogP contribution in [0.25, 0.3) is 11.0 Å². The topological polar surface area (TPSA) is 47.4 Å². The molecule has 5 heteroatoms. The molecule has 134 valence electrons. The summed E-state index contributed by atoms with van der Waals surface area (Å²) in [4.78, 5) is 19.5. The van der Waals surface area contributed by atoms with Crippen LogP contribution in [0, 0.1) is 0 Å². The van der Waals surface area contributed by atoms with E-state index in [1.54, 1.807) is 0 Å². The summed E-state index contributed by atoms with van der Waals surface area (Å²) in [5.41, 5.74) is 2.10. The lowest BCUT2D eigenvalue weighted by molar-refractivity contribution is -0.131. The molecule has 0 spiro atoms. The van der Waals surface area contributed by atoms with Crippen LogP contribution in [-0.4, -0.2) is 40.1 Å². The number of ether oxygens (including phenoxy) is 1. The fraction of sp³-hybridized carbons (Fsp3) is 0.600. The zero-order chi connectivity index (χ0) is 17.1. The van der Waals surface area contributed by atoms with E-state index < -0.39 is 0 Å². The van der Waals surface area contributed by atoms with E-state index in [1.807, 2.05) is 18.2 Å². The first kappa shape index (κ1) is 16.6. The van der Waals surface area contributed by atoms with E-state index in [9.17, 15) is 4.79 Å². The first-order valence-corrected chi connectivity index (χ1v) is 9.67. The Bertz CT molecular complexity index is 726.